The van der Waals surface area contributed by atoms with Crippen LogP contribution in [-0.2, 0) is 11.3 Å². The standard InChI is InChI=1S/C17H21N5O2S/c1-4-11-22-12(3)20-21-17(22)25-14(13-9-7-6-8-10-13)15(23)19-16(24)18-5-2/h4,6-10,14H,1,5,11H2,2-3H3,(H2,18,19,23,24)/t14-/m1/s1. The van der Waals surface area contributed by atoms with Crippen molar-refractivity contribution in [3.05, 3.63) is 54.4 Å². The molecule has 2 rings (SSSR count). The molecule has 0 saturated carbocycles. The Bertz CT molecular complexity index is 745. The quantitative estimate of drug-likeness (QED) is 0.585. The van der Waals surface area contributed by atoms with E-state index in [0.717, 1.165) is 11.4 Å². The first-order chi connectivity index (χ1) is 12.1. The van der Waals surface area contributed by atoms with E-state index in [1.54, 1.807) is 13.0 Å². The fourth-order valence-electron chi connectivity index (χ4n) is 2.18. The topological polar surface area (TPSA) is 88.9 Å². The van der Waals surface area contributed by atoms with Crippen molar-refractivity contribution in [1.29, 1.82) is 0 Å². The summed E-state index contributed by atoms with van der Waals surface area (Å²) in [7, 11) is 0. The molecule has 0 radical (unpaired) electrons. The number of rotatable bonds is 7. The highest BCUT2D eigenvalue weighted by Gasteiger charge is 2.26. The summed E-state index contributed by atoms with van der Waals surface area (Å²) >= 11 is 1.25. The van der Waals surface area contributed by atoms with E-state index in [1.807, 2.05) is 41.8 Å². The first kappa shape index (κ1) is 18.7. The van der Waals surface area contributed by atoms with Gasteiger partial charge < -0.3 is 9.88 Å². The minimum atomic E-state index is -0.629. The highest BCUT2D eigenvalue weighted by molar-refractivity contribution is 8.00. The van der Waals surface area contributed by atoms with Crippen LogP contribution in [0, 0.1) is 6.92 Å². The van der Waals surface area contributed by atoms with Gasteiger partial charge in [-0.1, -0.05) is 48.2 Å². The van der Waals surface area contributed by atoms with Crippen molar-refractivity contribution < 1.29 is 9.59 Å². The molecule has 7 nitrogen and oxygen atoms in total. The van der Waals surface area contributed by atoms with Gasteiger partial charge in [0.05, 0.1) is 0 Å². The van der Waals surface area contributed by atoms with Gasteiger partial charge in [-0.3, -0.25) is 10.1 Å². The van der Waals surface area contributed by atoms with Crippen LogP contribution in [-0.4, -0.2) is 33.2 Å². The lowest BCUT2D eigenvalue weighted by atomic mass is 10.1. The number of carbonyl (C=O) groups excluding carboxylic acids is 2. The van der Waals surface area contributed by atoms with Crippen LogP contribution in [0.5, 0.6) is 0 Å². The molecule has 0 spiro atoms. The smallest absolute Gasteiger partial charge is 0.321 e. The molecule has 2 aromatic rings. The summed E-state index contributed by atoms with van der Waals surface area (Å²) in [4.78, 5) is 24.4. The number of amides is 3. The van der Waals surface area contributed by atoms with Crippen molar-refractivity contribution in [2.75, 3.05) is 6.54 Å². The Morgan fingerprint density at radius 3 is 2.68 bits per heavy atom. The summed E-state index contributed by atoms with van der Waals surface area (Å²) in [5.74, 6) is 0.325. The van der Waals surface area contributed by atoms with Crippen LogP contribution in [0.4, 0.5) is 4.79 Å². The molecule has 0 aliphatic rings. The van der Waals surface area contributed by atoms with Gasteiger partial charge in [-0.25, -0.2) is 4.79 Å². The van der Waals surface area contributed by atoms with Gasteiger partial charge in [0.1, 0.15) is 11.1 Å². The van der Waals surface area contributed by atoms with E-state index in [2.05, 4.69) is 27.4 Å². The minimum absolute atomic E-state index is 0.409. The number of hydrogen-bond acceptors (Lipinski definition) is 5. The van der Waals surface area contributed by atoms with Gasteiger partial charge in [0.15, 0.2) is 5.16 Å². The number of nitrogens with zero attached hydrogens (tertiary/aromatic N) is 3. The highest BCUT2D eigenvalue weighted by atomic mass is 32.2. The molecule has 1 atom stereocenters. The first-order valence-electron chi connectivity index (χ1n) is 7.87. The van der Waals surface area contributed by atoms with Crippen LogP contribution in [0.3, 0.4) is 0 Å². The Labute approximate surface area is 150 Å². The molecule has 0 aliphatic carbocycles. The lowest BCUT2D eigenvalue weighted by Gasteiger charge is -2.16. The van der Waals surface area contributed by atoms with Crippen LogP contribution < -0.4 is 10.6 Å². The van der Waals surface area contributed by atoms with Crippen molar-refractivity contribution in [2.45, 2.75) is 30.8 Å². The molecule has 132 valence electrons. The fraction of sp³-hybridized carbons (Fsp3) is 0.294. The molecular weight excluding hydrogens is 338 g/mol. The fourth-order valence-corrected chi connectivity index (χ4v) is 3.27. The van der Waals surface area contributed by atoms with Gasteiger partial charge in [-0.05, 0) is 19.4 Å². The average molecular weight is 359 g/mol. The Kier molecular flexibility index (Phi) is 6.76. The molecule has 0 unspecified atom stereocenters. The molecule has 8 heteroatoms. The second kappa shape index (κ2) is 9.03. The SMILES string of the molecule is C=CCn1c(C)nnc1S[C@@H](C(=O)NC(=O)NCC)c1ccccc1. The predicted molar refractivity (Wildman–Crippen MR) is 97.2 cm³/mol. The van der Waals surface area contributed by atoms with Gasteiger partial charge in [0.2, 0.25) is 5.91 Å². The Morgan fingerprint density at radius 1 is 1.32 bits per heavy atom. The zero-order valence-corrected chi connectivity index (χ0v) is 15.0. The maximum absolute atomic E-state index is 12.6. The van der Waals surface area contributed by atoms with Crippen molar-refractivity contribution in [3.63, 3.8) is 0 Å². The van der Waals surface area contributed by atoms with E-state index in [-0.39, 0.29) is 0 Å². The number of urea groups is 1. The van der Waals surface area contributed by atoms with Gasteiger partial charge in [0, 0.05) is 13.1 Å². The lowest BCUT2D eigenvalue weighted by Crippen LogP contribution is -2.41. The van der Waals surface area contributed by atoms with Crippen LogP contribution in [0.1, 0.15) is 23.6 Å². The molecule has 1 heterocycles. The average Bonchev–Trinajstić information content (AvgIpc) is 2.94. The lowest BCUT2D eigenvalue weighted by molar-refractivity contribution is -0.119. The molecule has 0 fully saturated rings. The van der Waals surface area contributed by atoms with Crippen molar-refractivity contribution in [1.82, 2.24) is 25.4 Å². The van der Waals surface area contributed by atoms with E-state index in [1.165, 1.54) is 11.8 Å². The Hall–Kier alpha value is -2.61. The van der Waals surface area contributed by atoms with Crippen LogP contribution >= 0.6 is 11.8 Å². The predicted octanol–water partition coefficient (Wildman–Crippen LogP) is 2.45. The second-order valence-corrected chi connectivity index (χ2v) is 6.26. The third kappa shape index (κ3) is 4.93. The number of hydrogen-bond donors (Lipinski definition) is 2. The number of allylic oxidation sites excluding steroid dienone is 1. The van der Waals surface area contributed by atoms with Crippen molar-refractivity contribution >= 4 is 23.7 Å². The normalized spacial score (nSPS) is 11.6. The molecular formula is C17H21N5O2S. The largest absolute Gasteiger partial charge is 0.338 e. The molecule has 3 amide bonds. The number of nitrogens with one attached hydrogen (secondary N) is 2. The number of benzene rings is 1. The maximum atomic E-state index is 12.6. The molecule has 1 aromatic heterocycles. The first-order valence-corrected chi connectivity index (χ1v) is 8.75. The van der Waals surface area contributed by atoms with Crippen LogP contribution in [0.15, 0.2) is 48.1 Å². The molecule has 2 N–H and O–H groups in total. The van der Waals surface area contributed by atoms with Crippen LogP contribution in [0.2, 0.25) is 0 Å². The number of aromatic nitrogens is 3. The highest BCUT2D eigenvalue weighted by Crippen LogP contribution is 2.34. The van der Waals surface area contributed by atoms with E-state index >= 15 is 0 Å². The van der Waals surface area contributed by atoms with Crippen molar-refractivity contribution in [2.24, 2.45) is 0 Å². The Balaban J connectivity index is 2.28. The maximum Gasteiger partial charge on any atom is 0.321 e. The summed E-state index contributed by atoms with van der Waals surface area (Å²) in [5, 5.41) is 13.1. The molecule has 0 aliphatic heterocycles. The third-order valence-corrected chi connectivity index (χ3v) is 4.59. The van der Waals surface area contributed by atoms with E-state index < -0.39 is 17.2 Å². The van der Waals surface area contributed by atoms with E-state index in [4.69, 9.17) is 0 Å². The van der Waals surface area contributed by atoms with Gasteiger partial charge in [0.25, 0.3) is 0 Å². The van der Waals surface area contributed by atoms with E-state index in [0.29, 0.717) is 18.2 Å². The number of carbonyl (C=O) groups is 2. The zero-order valence-electron chi connectivity index (χ0n) is 14.2. The summed E-state index contributed by atoms with van der Waals surface area (Å²) in [6, 6.07) is 8.74. The van der Waals surface area contributed by atoms with E-state index in [9.17, 15) is 9.59 Å². The second-order valence-electron chi connectivity index (χ2n) is 5.19. The zero-order chi connectivity index (χ0) is 18.2. The number of aryl methyl sites for hydroxylation is 1. The van der Waals surface area contributed by atoms with Gasteiger partial charge >= 0.3 is 6.03 Å². The summed E-state index contributed by atoms with van der Waals surface area (Å²) in [6.45, 7) is 8.34. The van der Waals surface area contributed by atoms with Gasteiger partial charge in [-0.2, -0.15) is 0 Å². The molecule has 0 bridgehead atoms. The van der Waals surface area contributed by atoms with Gasteiger partial charge in [-0.15, -0.1) is 16.8 Å². The Morgan fingerprint density at radius 2 is 2.04 bits per heavy atom. The monoisotopic (exact) mass is 359 g/mol. The van der Waals surface area contributed by atoms with Crippen molar-refractivity contribution in [3.8, 4) is 0 Å². The molecule has 1 aromatic carbocycles. The molecule has 0 saturated heterocycles. The summed E-state index contributed by atoms with van der Waals surface area (Å²) < 4.78 is 1.87. The third-order valence-electron chi connectivity index (χ3n) is 3.35. The number of imide groups is 1. The minimum Gasteiger partial charge on any atom is -0.338 e. The molecule has 25 heavy (non-hydrogen) atoms. The van der Waals surface area contributed by atoms with Crippen LogP contribution in [0.25, 0.3) is 0 Å². The summed E-state index contributed by atoms with van der Waals surface area (Å²) in [5.41, 5.74) is 0.778. The number of thioether (sulfide) groups is 1. The summed E-state index contributed by atoms with van der Waals surface area (Å²) in [6.07, 6.45) is 1.74.